The Hall–Kier alpha value is -0.810. The van der Waals surface area contributed by atoms with Crippen LogP contribution in [0.15, 0.2) is 16.7 Å². The number of hydrogen-bond acceptors (Lipinski definition) is 2. The average Bonchev–Trinajstić information content (AvgIpc) is 3.12. The molecule has 19 heavy (non-hydrogen) atoms. The fourth-order valence-corrected chi connectivity index (χ4v) is 3.30. The third-order valence-corrected chi connectivity index (χ3v) is 4.50. The van der Waals surface area contributed by atoms with Crippen molar-refractivity contribution in [2.45, 2.75) is 31.8 Å². The molecular formula is C14H20BrN3O. The van der Waals surface area contributed by atoms with Gasteiger partial charge in [0.05, 0.1) is 0 Å². The molecule has 0 bridgehead atoms. The van der Waals surface area contributed by atoms with Crippen LogP contribution >= 0.6 is 15.9 Å². The smallest absolute Gasteiger partial charge is 0.270 e. The van der Waals surface area contributed by atoms with Crippen LogP contribution in [-0.2, 0) is 0 Å². The maximum Gasteiger partial charge on any atom is 0.270 e. The first-order valence-electron chi connectivity index (χ1n) is 6.93. The number of rotatable bonds is 2. The van der Waals surface area contributed by atoms with E-state index in [1.54, 1.807) is 0 Å². The molecule has 0 spiro atoms. The lowest BCUT2D eigenvalue weighted by molar-refractivity contribution is 0.0523. The molecular weight excluding hydrogens is 306 g/mol. The third-order valence-electron chi connectivity index (χ3n) is 4.07. The Kier molecular flexibility index (Phi) is 3.43. The number of piperazine rings is 1. The van der Waals surface area contributed by atoms with E-state index in [1.807, 2.05) is 17.2 Å². The predicted octanol–water partition coefficient (Wildman–Crippen LogP) is 2.36. The van der Waals surface area contributed by atoms with Crippen LogP contribution in [0.1, 0.15) is 36.3 Å². The summed E-state index contributed by atoms with van der Waals surface area (Å²) in [6, 6.07) is 2.78. The highest BCUT2D eigenvalue weighted by Crippen LogP contribution is 2.37. The summed E-state index contributed by atoms with van der Waals surface area (Å²) in [6.45, 7) is 4.87. The maximum atomic E-state index is 12.7. The minimum Gasteiger partial charge on any atom is -0.339 e. The van der Waals surface area contributed by atoms with Crippen LogP contribution < -0.4 is 0 Å². The van der Waals surface area contributed by atoms with Gasteiger partial charge in [0.1, 0.15) is 5.69 Å². The number of aromatic nitrogens is 1. The van der Waals surface area contributed by atoms with Crippen molar-refractivity contribution < 1.29 is 4.79 Å². The van der Waals surface area contributed by atoms with Crippen LogP contribution in [0.3, 0.4) is 0 Å². The van der Waals surface area contributed by atoms with Gasteiger partial charge in [-0.25, -0.2) is 0 Å². The molecule has 104 valence electrons. The lowest BCUT2D eigenvalue weighted by atomic mass is 10.2. The van der Waals surface area contributed by atoms with Crippen molar-refractivity contribution in [1.82, 2.24) is 14.4 Å². The molecule has 1 aliphatic heterocycles. The van der Waals surface area contributed by atoms with Crippen molar-refractivity contribution in [2.24, 2.45) is 0 Å². The standard InChI is InChI=1S/C14H20BrN3O/c1-10-8-16(2)5-6-17(10)14(19)13-7-11(15)9-18(13)12-3-4-12/h7,9-10,12H,3-6,8H2,1-2H3. The second-order valence-electron chi connectivity index (χ2n) is 5.79. The van der Waals surface area contributed by atoms with Crippen LogP contribution in [0.25, 0.3) is 0 Å². The fourth-order valence-electron chi connectivity index (χ4n) is 2.86. The highest BCUT2D eigenvalue weighted by Gasteiger charge is 2.32. The van der Waals surface area contributed by atoms with Gasteiger partial charge in [-0.15, -0.1) is 0 Å². The molecule has 1 aromatic heterocycles. The summed E-state index contributed by atoms with van der Waals surface area (Å²) in [6.07, 6.45) is 4.44. The number of hydrogen-bond donors (Lipinski definition) is 0. The van der Waals surface area contributed by atoms with Crippen LogP contribution in [0.2, 0.25) is 0 Å². The summed E-state index contributed by atoms with van der Waals surface area (Å²) in [4.78, 5) is 17.0. The molecule has 3 rings (SSSR count). The van der Waals surface area contributed by atoms with E-state index >= 15 is 0 Å². The molecule has 2 heterocycles. The SMILES string of the molecule is CC1CN(C)CCN1C(=O)c1cc(Br)cn1C1CC1. The Labute approximate surface area is 122 Å². The minimum atomic E-state index is 0.179. The number of carbonyl (C=O) groups is 1. The van der Waals surface area contributed by atoms with E-state index in [0.29, 0.717) is 6.04 Å². The highest BCUT2D eigenvalue weighted by molar-refractivity contribution is 9.10. The molecule has 1 saturated carbocycles. The molecule has 1 aromatic rings. The number of carbonyl (C=O) groups excluding carboxylic acids is 1. The lowest BCUT2D eigenvalue weighted by Crippen LogP contribution is -2.53. The van der Waals surface area contributed by atoms with Crippen molar-refractivity contribution in [3.63, 3.8) is 0 Å². The molecule has 5 heteroatoms. The number of likely N-dealkylation sites (N-methyl/N-ethyl adjacent to an activating group) is 1. The Bertz CT molecular complexity index is 495. The van der Waals surface area contributed by atoms with Crippen molar-refractivity contribution in [2.75, 3.05) is 26.7 Å². The summed E-state index contributed by atoms with van der Waals surface area (Å²) in [5.74, 6) is 0.179. The Morgan fingerprint density at radius 2 is 2.11 bits per heavy atom. The van der Waals surface area contributed by atoms with E-state index in [9.17, 15) is 4.79 Å². The van der Waals surface area contributed by atoms with E-state index < -0.39 is 0 Å². The van der Waals surface area contributed by atoms with Crippen molar-refractivity contribution in [3.8, 4) is 0 Å². The zero-order valence-corrected chi connectivity index (χ0v) is 13.1. The third kappa shape index (κ3) is 2.58. The van der Waals surface area contributed by atoms with E-state index in [0.717, 1.165) is 29.8 Å². The lowest BCUT2D eigenvalue weighted by Gasteiger charge is -2.38. The van der Waals surface area contributed by atoms with Crippen LogP contribution in [0.4, 0.5) is 0 Å². The number of nitrogens with zero attached hydrogens (tertiary/aromatic N) is 3. The zero-order chi connectivity index (χ0) is 13.6. The Morgan fingerprint density at radius 3 is 2.74 bits per heavy atom. The molecule has 1 unspecified atom stereocenters. The second kappa shape index (κ2) is 4.94. The quantitative estimate of drug-likeness (QED) is 0.835. The topological polar surface area (TPSA) is 28.5 Å². The highest BCUT2D eigenvalue weighted by atomic mass is 79.9. The molecule has 1 atom stereocenters. The fraction of sp³-hybridized carbons (Fsp3) is 0.643. The molecule has 1 saturated heterocycles. The first-order valence-corrected chi connectivity index (χ1v) is 7.72. The van der Waals surface area contributed by atoms with E-state index in [1.165, 1.54) is 12.8 Å². The summed E-state index contributed by atoms with van der Waals surface area (Å²) in [5.41, 5.74) is 0.839. The van der Waals surface area contributed by atoms with E-state index in [4.69, 9.17) is 0 Å². The van der Waals surface area contributed by atoms with E-state index in [-0.39, 0.29) is 11.9 Å². The molecule has 1 aliphatic carbocycles. The molecule has 0 radical (unpaired) electrons. The van der Waals surface area contributed by atoms with Crippen LogP contribution in [0.5, 0.6) is 0 Å². The first kappa shape index (κ1) is 13.2. The van der Waals surface area contributed by atoms with Crippen LogP contribution in [-0.4, -0.2) is 53.0 Å². The monoisotopic (exact) mass is 325 g/mol. The largest absolute Gasteiger partial charge is 0.339 e. The molecule has 1 amide bonds. The minimum absolute atomic E-state index is 0.179. The summed E-state index contributed by atoms with van der Waals surface area (Å²) in [5, 5.41) is 0. The van der Waals surface area contributed by atoms with Gasteiger partial charge in [0.15, 0.2) is 0 Å². The van der Waals surface area contributed by atoms with Crippen molar-refractivity contribution >= 4 is 21.8 Å². The average molecular weight is 326 g/mol. The summed E-state index contributed by atoms with van der Waals surface area (Å²) < 4.78 is 3.15. The second-order valence-corrected chi connectivity index (χ2v) is 6.71. The normalized spacial score (nSPS) is 24.8. The molecule has 0 N–H and O–H groups in total. The maximum absolute atomic E-state index is 12.7. The van der Waals surface area contributed by atoms with Crippen molar-refractivity contribution in [1.29, 1.82) is 0 Å². The van der Waals surface area contributed by atoms with Gasteiger partial charge in [-0.05, 0) is 48.8 Å². The van der Waals surface area contributed by atoms with Gasteiger partial charge in [0.25, 0.3) is 5.91 Å². The van der Waals surface area contributed by atoms with Gasteiger partial charge in [0, 0.05) is 42.4 Å². The Morgan fingerprint density at radius 1 is 1.37 bits per heavy atom. The molecule has 4 nitrogen and oxygen atoms in total. The summed E-state index contributed by atoms with van der Waals surface area (Å²) in [7, 11) is 2.11. The molecule has 2 fully saturated rings. The van der Waals surface area contributed by atoms with Gasteiger partial charge < -0.3 is 14.4 Å². The number of halogens is 1. The van der Waals surface area contributed by atoms with E-state index in [2.05, 4.69) is 39.4 Å². The molecule has 0 aromatic carbocycles. The van der Waals surface area contributed by atoms with Gasteiger partial charge in [0.2, 0.25) is 0 Å². The zero-order valence-electron chi connectivity index (χ0n) is 11.5. The number of amides is 1. The molecule has 2 aliphatic rings. The van der Waals surface area contributed by atoms with Crippen LogP contribution in [0, 0.1) is 0 Å². The Balaban J connectivity index is 1.83. The van der Waals surface area contributed by atoms with Gasteiger partial charge in [-0.1, -0.05) is 0 Å². The first-order chi connectivity index (χ1) is 9.06. The van der Waals surface area contributed by atoms with Gasteiger partial charge >= 0.3 is 0 Å². The van der Waals surface area contributed by atoms with Gasteiger partial charge in [-0.3, -0.25) is 4.79 Å². The van der Waals surface area contributed by atoms with Gasteiger partial charge in [-0.2, -0.15) is 0 Å². The van der Waals surface area contributed by atoms with Crippen molar-refractivity contribution in [3.05, 3.63) is 22.4 Å². The summed E-state index contributed by atoms with van der Waals surface area (Å²) >= 11 is 3.50. The predicted molar refractivity (Wildman–Crippen MR) is 78.4 cm³/mol.